The van der Waals surface area contributed by atoms with Crippen molar-refractivity contribution in [3.8, 4) is 0 Å². The SMILES string of the molecule is C[C@@H](O)[C@@H]1C=CCN1C(=O)OC(C)(C)C. The van der Waals surface area contributed by atoms with Crippen molar-refractivity contribution in [2.75, 3.05) is 6.54 Å². The van der Waals surface area contributed by atoms with Crippen LogP contribution in [0.1, 0.15) is 27.7 Å². The van der Waals surface area contributed by atoms with Gasteiger partial charge < -0.3 is 9.84 Å². The van der Waals surface area contributed by atoms with Gasteiger partial charge in [0.1, 0.15) is 5.60 Å². The molecule has 15 heavy (non-hydrogen) atoms. The zero-order valence-corrected chi connectivity index (χ0v) is 9.73. The van der Waals surface area contributed by atoms with Crippen molar-refractivity contribution < 1.29 is 14.6 Å². The second-order valence-corrected chi connectivity index (χ2v) is 4.79. The average Bonchev–Trinajstić information content (AvgIpc) is 2.47. The normalized spacial score (nSPS) is 23.0. The predicted octanol–water partition coefficient (Wildman–Crippen LogP) is 1.54. The van der Waals surface area contributed by atoms with Crippen molar-refractivity contribution in [3.63, 3.8) is 0 Å². The molecule has 0 fully saturated rings. The number of carbonyl (C=O) groups is 1. The highest BCUT2D eigenvalue weighted by atomic mass is 16.6. The second-order valence-electron chi connectivity index (χ2n) is 4.79. The van der Waals surface area contributed by atoms with Crippen LogP contribution in [0.15, 0.2) is 12.2 Å². The highest BCUT2D eigenvalue weighted by Crippen LogP contribution is 2.17. The Labute approximate surface area is 90.5 Å². The molecule has 0 saturated carbocycles. The van der Waals surface area contributed by atoms with Gasteiger partial charge in [0.25, 0.3) is 0 Å². The monoisotopic (exact) mass is 213 g/mol. The molecule has 0 bridgehead atoms. The maximum Gasteiger partial charge on any atom is 0.411 e. The zero-order chi connectivity index (χ0) is 11.6. The molecule has 4 nitrogen and oxygen atoms in total. The van der Waals surface area contributed by atoms with E-state index in [4.69, 9.17) is 4.74 Å². The van der Waals surface area contributed by atoms with Crippen LogP contribution in [-0.2, 0) is 4.74 Å². The van der Waals surface area contributed by atoms with E-state index in [1.807, 2.05) is 32.9 Å². The van der Waals surface area contributed by atoms with E-state index in [-0.39, 0.29) is 12.1 Å². The van der Waals surface area contributed by atoms with E-state index < -0.39 is 11.7 Å². The van der Waals surface area contributed by atoms with Crippen molar-refractivity contribution in [1.82, 2.24) is 4.90 Å². The molecule has 1 amide bonds. The molecule has 0 spiro atoms. The molecule has 0 unspecified atom stereocenters. The molecule has 1 heterocycles. The molecule has 86 valence electrons. The van der Waals surface area contributed by atoms with E-state index in [0.29, 0.717) is 6.54 Å². The topological polar surface area (TPSA) is 49.8 Å². The minimum atomic E-state index is -0.573. The van der Waals surface area contributed by atoms with Gasteiger partial charge in [0, 0.05) is 6.54 Å². The third kappa shape index (κ3) is 3.23. The molecule has 1 rings (SSSR count). The van der Waals surface area contributed by atoms with Gasteiger partial charge in [-0.05, 0) is 27.7 Å². The first kappa shape index (κ1) is 12.0. The Morgan fingerprint density at radius 3 is 2.67 bits per heavy atom. The van der Waals surface area contributed by atoms with Crippen LogP contribution in [0.2, 0.25) is 0 Å². The summed E-state index contributed by atoms with van der Waals surface area (Å²) in [6, 6.07) is -0.264. The van der Waals surface area contributed by atoms with Crippen LogP contribution in [0.5, 0.6) is 0 Å². The summed E-state index contributed by atoms with van der Waals surface area (Å²) in [6.07, 6.45) is 2.74. The van der Waals surface area contributed by atoms with Crippen molar-refractivity contribution in [1.29, 1.82) is 0 Å². The summed E-state index contributed by atoms with van der Waals surface area (Å²) < 4.78 is 5.24. The van der Waals surface area contributed by atoms with E-state index in [2.05, 4.69) is 0 Å². The van der Waals surface area contributed by atoms with E-state index in [1.54, 1.807) is 6.92 Å². The zero-order valence-electron chi connectivity index (χ0n) is 9.73. The number of aliphatic hydroxyl groups excluding tert-OH is 1. The molecular weight excluding hydrogens is 194 g/mol. The number of rotatable bonds is 1. The molecule has 0 aromatic heterocycles. The van der Waals surface area contributed by atoms with Crippen molar-refractivity contribution in [2.24, 2.45) is 0 Å². The summed E-state index contributed by atoms with van der Waals surface area (Å²) in [6.45, 7) is 7.64. The van der Waals surface area contributed by atoms with Crippen LogP contribution in [0, 0.1) is 0 Å². The molecule has 1 aliphatic heterocycles. The molecule has 0 aromatic rings. The highest BCUT2D eigenvalue weighted by Gasteiger charge is 2.31. The van der Waals surface area contributed by atoms with Gasteiger partial charge in [-0.15, -0.1) is 0 Å². The number of amides is 1. The number of ether oxygens (including phenoxy) is 1. The van der Waals surface area contributed by atoms with Gasteiger partial charge >= 0.3 is 6.09 Å². The van der Waals surface area contributed by atoms with Crippen LogP contribution in [0.25, 0.3) is 0 Å². The van der Waals surface area contributed by atoms with Crippen LogP contribution >= 0.6 is 0 Å². The number of hydrogen-bond donors (Lipinski definition) is 1. The highest BCUT2D eigenvalue weighted by molar-refractivity contribution is 5.69. The fourth-order valence-electron chi connectivity index (χ4n) is 1.48. The van der Waals surface area contributed by atoms with Gasteiger partial charge in [0.15, 0.2) is 0 Å². The van der Waals surface area contributed by atoms with Crippen LogP contribution < -0.4 is 0 Å². The first-order valence-electron chi connectivity index (χ1n) is 5.15. The van der Waals surface area contributed by atoms with Crippen LogP contribution in [-0.4, -0.2) is 40.4 Å². The lowest BCUT2D eigenvalue weighted by molar-refractivity contribution is 0.0117. The van der Waals surface area contributed by atoms with Gasteiger partial charge in [-0.3, -0.25) is 4.90 Å². The molecule has 1 N–H and O–H groups in total. The molecule has 0 saturated heterocycles. The van der Waals surface area contributed by atoms with Gasteiger partial charge in [-0.25, -0.2) is 4.79 Å². The Morgan fingerprint density at radius 1 is 1.60 bits per heavy atom. The number of carbonyl (C=O) groups excluding carboxylic acids is 1. The van der Waals surface area contributed by atoms with Crippen molar-refractivity contribution >= 4 is 6.09 Å². The third-order valence-corrected chi connectivity index (χ3v) is 2.12. The number of hydrogen-bond acceptors (Lipinski definition) is 3. The van der Waals surface area contributed by atoms with Gasteiger partial charge in [-0.1, -0.05) is 12.2 Å². The van der Waals surface area contributed by atoms with Crippen molar-refractivity contribution in [3.05, 3.63) is 12.2 Å². The summed E-state index contributed by atoms with van der Waals surface area (Å²) >= 11 is 0. The standard InChI is InChI=1S/C11H19NO3/c1-8(13)9-6-5-7-12(9)10(14)15-11(2,3)4/h5-6,8-9,13H,7H2,1-4H3/t8-,9+/m1/s1. The summed E-state index contributed by atoms with van der Waals surface area (Å²) in [5.41, 5.74) is -0.497. The van der Waals surface area contributed by atoms with Gasteiger partial charge in [-0.2, -0.15) is 0 Å². The van der Waals surface area contributed by atoms with Crippen molar-refractivity contribution in [2.45, 2.75) is 45.4 Å². The third-order valence-electron chi connectivity index (χ3n) is 2.12. The Balaban J connectivity index is 2.61. The molecule has 4 heteroatoms. The van der Waals surface area contributed by atoms with E-state index in [1.165, 1.54) is 4.90 Å². The first-order valence-corrected chi connectivity index (χ1v) is 5.15. The smallest absolute Gasteiger partial charge is 0.411 e. The van der Waals surface area contributed by atoms with Crippen LogP contribution in [0.4, 0.5) is 4.79 Å². The van der Waals surface area contributed by atoms with E-state index >= 15 is 0 Å². The molecule has 2 atom stereocenters. The summed E-state index contributed by atoms with van der Waals surface area (Å²) in [5, 5.41) is 9.47. The number of nitrogens with zero attached hydrogens (tertiary/aromatic N) is 1. The quantitative estimate of drug-likeness (QED) is 0.672. The maximum atomic E-state index is 11.7. The fraction of sp³-hybridized carbons (Fsp3) is 0.727. The largest absolute Gasteiger partial charge is 0.444 e. The molecule has 1 aliphatic rings. The van der Waals surface area contributed by atoms with E-state index in [9.17, 15) is 9.90 Å². The predicted molar refractivity (Wildman–Crippen MR) is 57.5 cm³/mol. The average molecular weight is 213 g/mol. The lowest BCUT2D eigenvalue weighted by Crippen LogP contribution is -2.44. The Bertz CT molecular complexity index is 265. The Hall–Kier alpha value is -1.03. The van der Waals surface area contributed by atoms with Gasteiger partial charge in [0.2, 0.25) is 0 Å². The fourth-order valence-corrected chi connectivity index (χ4v) is 1.48. The first-order chi connectivity index (χ1) is 6.81. The molecule has 0 aromatic carbocycles. The summed E-state index contributed by atoms with van der Waals surface area (Å²) in [4.78, 5) is 13.3. The molecule has 0 radical (unpaired) electrons. The Morgan fingerprint density at radius 2 is 2.20 bits per heavy atom. The Kier molecular flexibility index (Phi) is 3.39. The van der Waals surface area contributed by atoms with E-state index in [0.717, 1.165) is 0 Å². The second kappa shape index (κ2) is 4.23. The minimum Gasteiger partial charge on any atom is -0.444 e. The maximum absolute atomic E-state index is 11.7. The van der Waals surface area contributed by atoms with Gasteiger partial charge in [0.05, 0.1) is 12.1 Å². The molecular formula is C11H19NO3. The summed E-state index contributed by atoms with van der Waals surface area (Å²) in [5.74, 6) is 0. The van der Waals surface area contributed by atoms with Crippen LogP contribution in [0.3, 0.4) is 0 Å². The lowest BCUT2D eigenvalue weighted by atomic mass is 10.2. The minimum absolute atomic E-state index is 0.264. The lowest BCUT2D eigenvalue weighted by Gasteiger charge is -2.29. The summed E-state index contributed by atoms with van der Waals surface area (Å²) in [7, 11) is 0. The molecule has 0 aliphatic carbocycles. The number of aliphatic hydroxyl groups is 1.